The number of aliphatic hydroxyl groups is 1. The molecule has 0 saturated carbocycles. The Bertz CT molecular complexity index is 1860. The van der Waals surface area contributed by atoms with Crippen LogP contribution < -0.4 is 0 Å². The molecule has 19 heteroatoms. The number of hydrogen-bond acceptors (Lipinski definition) is 15. The van der Waals surface area contributed by atoms with Gasteiger partial charge in [-0.05, 0) is 49.4 Å². The van der Waals surface area contributed by atoms with Gasteiger partial charge in [-0.1, -0.05) is 325 Å². The number of aliphatic hydroxyl groups excluding tert-OH is 1. The monoisotopic (exact) mass is 1380 g/mol. The second kappa shape index (κ2) is 64.4. The van der Waals surface area contributed by atoms with Crippen molar-refractivity contribution in [3.05, 3.63) is 0 Å². The first-order valence-electron chi connectivity index (χ1n) is 38.8. The van der Waals surface area contributed by atoms with Crippen molar-refractivity contribution in [2.45, 2.75) is 395 Å². The number of phosphoric acid groups is 2. The molecule has 0 fully saturated rings. The molecule has 0 aromatic carbocycles. The lowest BCUT2D eigenvalue weighted by Crippen LogP contribution is -2.30. The van der Waals surface area contributed by atoms with E-state index in [0.29, 0.717) is 31.6 Å². The molecule has 0 aromatic rings. The van der Waals surface area contributed by atoms with Crippen molar-refractivity contribution in [1.82, 2.24) is 0 Å². The molecule has 0 aliphatic carbocycles. The van der Waals surface area contributed by atoms with E-state index in [1.54, 1.807) is 0 Å². The maximum atomic E-state index is 13.1. The molecule has 558 valence electrons. The van der Waals surface area contributed by atoms with Crippen LogP contribution in [0.3, 0.4) is 0 Å². The second-order valence-electron chi connectivity index (χ2n) is 28.2. The van der Waals surface area contributed by atoms with E-state index in [1.165, 1.54) is 167 Å². The van der Waals surface area contributed by atoms with Gasteiger partial charge in [0, 0.05) is 25.7 Å². The zero-order valence-corrected chi connectivity index (χ0v) is 63.4. The molecule has 0 heterocycles. The van der Waals surface area contributed by atoms with Gasteiger partial charge in [0.25, 0.3) is 0 Å². The number of rotatable bonds is 72. The van der Waals surface area contributed by atoms with E-state index < -0.39 is 97.5 Å². The predicted octanol–water partition coefficient (Wildman–Crippen LogP) is 21.7. The van der Waals surface area contributed by atoms with E-state index in [9.17, 15) is 43.2 Å². The SMILES string of the molecule is CCC(C)CCCCCCCCCCCCCCCCCCCCC(=O)O[C@H](COC(=O)CCCCCCCCCC(C)C)COP(=O)(O)OC[C@@H](O)COP(=O)(O)OC[C@@H](COC(=O)CCCCCCCCC(C)CC)OC(=O)CCCCCCCCCCC(C)CC. The Morgan fingerprint density at radius 2 is 0.511 bits per heavy atom. The van der Waals surface area contributed by atoms with Crippen molar-refractivity contribution in [2.75, 3.05) is 39.6 Å². The molecule has 0 aliphatic heterocycles. The lowest BCUT2D eigenvalue weighted by atomic mass is 9.99. The minimum absolute atomic E-state index is 0.104. The summed E-state index contributed by atoms with van der Waals surface area (Å²) in [6, 6.07) is 0. The van der Waals surface area contributed by atoms with Crippen LogP contribution in [0.4, 0.5) is 0 Å². The summed E-state index contributed by atoms with van der Waals surface area (Å²) in [4.78, 5) is 72.7. The summed E-state index contributed by atoms with van der Waals surface area (Å²) in [5.74, 6) is 0.949. The summed E-state index contributed by atoms with van der Waals surface area (Å²) in [6.45, 7) is 14.2. The van der Waals surface area contributed by atoms with Crippen molar-refractivity contribution in [3.63, 3.8) is 0 Å². The van der Waals surface area contributed by atoms with Gasteiger partial charge in [0.05, 0.1) is 26.4 Å². The van der Waals surface area contributed by atoms with Gasteiger partial charge >= 0.3 is 39.5 Å². The Hall–Kier alpha value is -1.94. The number of phosphoric ester groups is 2. The quantitative estimate of drug-likeness (QED) is 0.0222. The lowest BCUT2D eigenvalue weighted by molar-refractivity contribution is -0.161. The molecule has 0 aromatic heterocycles. The average molecular weight is 1380 g/mol. The fraction of sp³-hybridized carbons (Fsp3) is 0.947. The van der Waals surface area contributed by atoms with Gasteiger partial charge in [-0.2, -0.15) is 0 Å². The number of hydrogen-bond donors (Lipinski definition) is 3. The minimum Gasteiger partial charge on any atom is -0.462 e. The smallest absolute Gasteiger partial charge is 0.462 e. The van der Waals surface area contributed by atoms with Gasteiger partial charge < -0.3 is 33.8 Å². The molecular formula is C75H146O17P2. The third-order valence-corrected chi connectivity index (χ3v) is 20.3. The molecule has 8 atom stereocenters. The summed E-state index contributed by atoms with van der Waals surface area (Å²) in [5.41, 5.74) is 0. The number of ether oxygens (including phenoxy) is 4. The number of carbonyl (C=O) groups excluding carboxylic acids is 4. The Kier molecular flexibility index (Phi) is 63.1. The van der Waals surface area contributed by atoms with Gasteiger partial charge in [-0.25, -0.2) is 9.13 Å². The molecule has 0 radical (unpaired) electrons. The normalized spacial score (nSPS) is 15.0. The highest BCUT2D eigenvalue weighted by Gasteiger charge is 2.30. The van der Waals surface area contributed by atoms with Crippen molar-refractivity contribution < 1.29 is 80.2 Å². The molecule has 0 rings (SSSR count). The third kappa shape index (κ3) is 64.7. The Balaban J connectivity index is 5.17. The lowest BCUT2D eigenvalue weighted by Gasteiger charge is -2.21. The van der Waals surface area contributed by atoms with E-state index in [2.05, 4.69) is 55.4 Å². The predicted molar refractivity (Wildman–Crippen MR) is 381 cm³/mol. The summed E-state index contributed by atoms with van der Waals surface area (Å²) in [6.07, 6.45) is 48.8. The van der Waals surface area contributed by atoms with E-state index in [0.717, 1.165) is 120 Å². The number of unbranched alkanes of at least 4 members (excludes halogenated alkanes) is 35. The topological polar surface area (TPSA) is 237 Å². The Labute approximate surface area is 575 Å². The highest BCUT2D eigenvalue weighted by molar-refractivity contribution is 7.47. The first-order chi connectivity index (χ1) is 45.2. The summed E-state index contributed by atoms with van der Waals surface area (Å²) >= 11 is 0. The minimum atomic E-state index is -4.96. The van der Waals surface area contributed by atoms with Crippen LogP contribution in [0.25, 0.3) is 0 Å². The van der Waals surface area contributed by atoms with Crippen molar-refractivity contribution in [1.29, 1.82) is 0 Å². The van der Waals surface area contributed by atoms with Crippen molar-refractivity contribution in [2.24, 2.45) is 23.7 Å². The summed E-state index contributed by atoms with van der Waals surface area (Å²) in [7, 11) is -9.91. The molecule has 0 aliphatic rings. The first kappa shape index (κ1) is 92.1. The standard InChI is InChI=1S/C75H146O17P2/c1-9-66(6)52-44-36-28-22-20-18-16-14-12-13-15-17-19-21-23-30-41-49-57-74(79)91-70(61-85-72(77)55-47-39-32-26-27-35-43-51-65(4)5)63-89-93(81,82)87-59-69(76)60-88-94(83,84)90-64-71(62-86-73(78)56-48-40-34-33-38-46-54-68(8)11-3)92-75(80)58-50-42-31-25-24-29-37-45-53-67(7)10-2/h65-71,76H,9-64H2,1-8H3,(H,81,82)(H,83,84)/t66?,67?,68?,69-,70-,71-/m1/s1. The van der Waals surface area contributed by atoms with E-state index in [-0.39, 0.29) is 25.7 Å². The zero-order chi connectivity index (χ0) is 69.6. The third-order valence-electron chi connectivity index (χ3n) is 18.4. The van der Waals surface area contributed by atoms with Crippen LogP contribution in [0.5, 0.6) is 0 Å². The van der Waals surface area contributed by atoms with Crippen LogP contribution in [0, 0.1) is 23.7 Å². The first-order valence-corrected chi connectivity index (χ1v) is 41.8. The Morgan fingerprint density at radius 3 is 0.755 bits per heavy atom. The molecule has 0 spiro atoms. The van der Waals surface area contributed by atoms with Gasteiger partial charge in [0.2, 0.25) is 0 Å². The van der Waals surface area contributed by atoms with Gasteiger partial charge in [0.15, 0.2) is 12.2 Å². The summed E-state index contributed by atoms with van der Waals surface area (Å²) in [5, 5.41) is 10.6. The van der Waals surface area contributed by atoms with Crippen LogP contribution in [0.15, 0.2) is 0 Å². The second-order valence-corrected chi connectivity index (χ2v) is 31.1. The van der Waals surface area contributed by atoms with E-state index in [1.807, 2.05) is 0 Å². The van der Waals surface area contributed by atoms with Crippen molar-refractivity contribution in [3.8, 4) is 0 Å². The maximum Gasteiger partial charge on any atom is 0.472 e. The average Bonchev–Trinajstić information content (AvgIpc) is 1.30. The molecule has 17 nitrogen and oxygen atoms in total. The highest BCUT2D eigenvalue weighted by atomic mass is 31.2. The van der Waals surface area contributed by atoms with Crippen LogP contribution in [-0.2, 0) is 65.4 Å². The highest BCUT2D eigenvalue weighted by Crippen LogP contribution is 2.45. The fourth-order valence-electron chi connectivity index (χ4n) is 11.3. The van der Waals surface area contributed by atoms with Gasteiger partial charge in [0.1, 0.15) is 19.3 Å². The van der Waals surface area contributed by atoms with Crippen LogP contribution in [-0.4, -0.2) is 96.7 Å². The molecular weight excluding hydrogens is 1230 g/mol. The molecule has 5 unspecified atom stereocenters. The van der Waals surface area contributed by atoms with Crippen LogP contribution in [0.2, 0.25) is 0 Å². The van der Waals surface area contributed by atoms with Crippen LogP contribution >= 0.6 is 15.6 Å². The fourth-order valence-corrected chi connectivity index (χ4v) is 12.9. The van der Waals surface area contributed by atoms with Gasteiger partial charge in [-0.15, -0.1) is 0 Å². The molecule has 3 N–H and O–H groups in total. The van der Waals surface area contributed by atoms with Crippen LogP contribution in [0.1, 0.15) is 376 Å². The maximum absolute atomic E-state index is 13.1. The zero-order valence-electron chi connectivity index (χ0n) is 61.6. The molecule has 94 heavy (non-hydrogen) atoms. The molecule has 0 amide bonds. The molecule has 0 bridgehead atoms. The van der Waals surface area contributed by atoms with E-state index in [4.69, 9.17) is 37.0 Å². The molecule has 0 saturated heterocycles. The Morgan fingerprint density at radius 1 is 0.298 bits per heavy atom. The summed E-state index contributed by atoms with van der Waals surface area (Å²) < 4.78 is 68.4. The number of carbonyl (C=O) groups is 4. The number of esters is 4. The van der Waals surface area contributed by atoms with E-state index >= 15 is 0 Å². The largest absolute Gasteiger partial charge is 0.472 e. The van der Waals surface area contributed by atoms with Crippen molar-refractivity contribution >= 4 is 39.5 Å². The van der Waals surface area contributed by atoms with Gasteiger partial charge in [-0.3, -0.25) is 37.3 Å².